The van der Waals surface area contributed by atoms with Crippen molar-refractivity contribution in [3.63, 3.8) is 0 Å². The van der Waals surface area contributed by atoms with Gasteiger partial charge in [-0.3, -0.25) is 0 Å². The van der Waals surface area contributed by atoms with Gasteiger partial charge in [0.1, 0.15) is 0 Å². The molecule has 4 heterocycles. The molecular formula is C16H20ClNOS. The minimum absolute atomic E-state index is 0. The molecule has 0 amide bonds. The second-order valence-corrected chi connectivity index (χ2v) is 6.91. The Morgan fingerprint density at radius 2 is 2.00 bits per heavy atom. The lowest BCUT2D eigenvalue weighted by Crippen LogP contribution is -2.51. The molecule has 2 nitrogen and oxygen atoms in total. The molecule has 0 N–H and O–H groups in total. The summed E-state index contributed by atoms with van der Waals surface area (Å²) in [5, 5.41) is 1.35. The van der Waals surface area contributed by atoms with Crippen molar-refractivity contribution in [3.05, 3.63) is 35.2 Å². The maximum absolute atomic E-state index is 6.20. The number of benzene rings is 1. The monoisotopic (exact) mass is 309 g/mol. The molecule has 2 bridgehead atoms. The molecule has 3 aliphatic rings. The molecule has 0 aliphatic carbocycles. The minimum atomic E-state index is 0. The van der Waals surface area contributed by atoms with E-state index in [4.69, 9.17) is 4.74 Å². The van der Waals surface area contributed by atoms with Gasteiger partial charge in [-0.1, -0.05) is 18.2 Å². The zero-order valence-corrected chi connectivity index (χ0v) is 13.1. The summed E-state index contributed by atoms with van der Waals surface area (Å²) in [7, 11) is 0. The van der Waals surface area contributed by atoms with Crippen molar-refractivity contribution < 1.29 is 4.74 Å². The van der Waals surface area contributed by atoms with E-state index >= 15 is 0 Å². The van der Waals surface area contributed by atoms with Crippen LogP contribution in [0.5, 0.6) is 0 Å². The van der Waals surface area contributed by atoms with Crippen LogP contribution in [-0.4, -0.2) is 30.6 Å². The molecule has 3 saturated heterocycles. The number of halogens is 1. The third-order valence-corrected chi connectivity index (χ3v) is 5.60. The molecule has 3 fully saturated rings. The van der Waals surface area contributed by atoms with Crippen molar-refractivity contribution in [1.29, 1.82) is 0 Å². The summed E-state index contributed by atoms with van der Waals surface area (Å²) < 4.78 is 7.57. The average Bonchev–Trinajstić information content (AvgIpc) is 2.89. The topological polar surface area (TPSA) is 12.5 Å². The van der Waals surface area contributed by atoms with Gasteiger partial charge in [-0.25, -0.2) is 0 Å². The molecule has 3 aliphatic heterocycles. The molecule has 0 unspecified atom stereocenters. The summed E-state index contributed by atoms with van der Waals surface area (Å²) in [5.74, 6) is 0.805. The molecule has 0 saturated carbocycles. The van der Waals surface area contributed by atoms with Gasteiger partial charge < -0.3 is 9.64 Å². The second-order valence-electron chi connectivity index (χ2n) is 5.74. The maximum atomic E-state index is 6.20. The normalized spacial score (nSPS) is 28.5. The van der Waals surface area contributed by atoms with Gasteiger partial charge in [0.05, 0.1) is 12.7 Å². The summed E-state index contributed by atoms with van der Waals surface area (Å²) in [5.41, 5.74) is 0. The number of thiophene rings is 1. The highest BCUT2D eigenvalue weighted by Crippen LogP contribution is 2.31. The molecular weight excluding hydrogens is 290 g/mol. The standard InChI is InChI=1S/C16H19NOS.ClH/c1-2-4-16-13(3-1)9-14(19-16)11-18-15-10-17-7-5-12(15)6-8-17;/h1-4,9,12,15H,5-8,10-11H2;1H/t15-;/m0./s1. The van der Waals surface area contributed by atoms with Crippen molar-refractivity contribution >= 4 is 33.8 Å². The van der Waals surface area contributed by atoms with Crippen molar-refractivity contribution in [2.24, 2.45) is 5.92 Å². The van der Waals surface area contributed by atoms with E-state index in [0.717, 1.165) is 19.1 Å². The van der Waals surface area contributed by atoms with E-state index in [-0.39, 0.29) is 12.4 Å². The van der Waals surface area contributed by atoms with Crippen molar-refractivity contribution in [2.45, 2.75) is 25.6 Å². The highest BCUT2D eigenvalue weighted by Gasteiger charge is 2.34. The Balaban J connectivity index is 0.00000121. The molecule has 5 rings (SSSR count). The predicted molar refractivity (Wildman–Crippen MR) is 86.8 cm³/mol. The average molecular weight is 310 g/mol. The lowest BCUT2D eigenvalue weighted by molar-refractivity contribution is -0.0758. The van der Waals surface area contributed by atoms with Crippen LogP contribution in [0.25, 0.3) is 10.1 Å². The van der Waals surface area contributed by atoms with Gasteiger partial charge in [-0.05, 0) is 49.4 Å². The largest absolute Gasteiger partial charge is 0.371 e. The third kappa shape index (κ3) is 2.73. The Kier molecular flexibility index (Phi) is 4.32. The van der Waals surface area contributed by atoms with Gasteiger partial charge in [0.25, 0.3) is 0 Å². The van der Waals surface area contributed by atoms with Gasteiger partial charge in [-0.15, -0.1) is 23.7 Å². The second kappa shape index (κ2) is 6.02. The predicted octanol–water partition coefficient (Wildman–Crippen LogP) is 3.93. The van der Waals surface area contributed by atoms with Crippen LogP contribution >= 0.6 is 23.7 Å². The lowest BCUT2D eigenvalue weighted by Gasteiger charge is -2.44. The molecule has 20 heavy (non-hydrogen) atoms. The number of fused-ring (bicyclic) bond motifs is 4. The van der Waals surface area contributed by atoms with Crippen LogP contribution < -0.4 is 0 Å². The van der Waals surface area contributed by atoms with Crippen molar-refractivity contribution in [3.8, 4) is 0 Å². The number of ether oxygens (including phenoxy) is 1. The summed E-state index contributed by atoms with van der Waals surface area (Å²) in [6, 6.07) is 10.9. The van der Waals surface area contributed by atoms with Crippen LogP contribution in [0, 0.1) is 5.92 Å². The fourth-order valence-corrected chi connectivity index (χ4v) is 4.38. The lowest BCUT2D eigenvalue weighted by atomic mass is 9.86. The highest BCUT2D eigenvalue weighted by atomic mass is 35.5. The maximum Gasteiger partial charge on any atom is 0.0814 e. The van der Waals surface area contributed by atoms with E-state index in [9.17, 15) is 0 Å². The van der Waals surface area contributed by atoms with Crippen LogP contribution in [0.15, 0.2) is 30.3 Å². The molecule has 0 spiro atoms. The first-order valence-electron chi connectivity index (χ1n) is 7.20. The third-order valence-electron chi connectivity index (χ3n) is 4.51. The number of nitrogens with zero attached hydrogens (tertiary/aromatic N) is 1. The molecule has 1 aromatic heterocycles. The molecule has 108 valence electrons. The Morgan fingerprint density at radius 1 is 1.20 bits per heavy atom. The number of hydrogen-bond acceptors (Lipinski definition) is 3. The minimum Gasteiger partial charge on any atom is -0.371 e. The summed E-state index contributed by atoms with van der Waals surface area (Å²) in [6.07, 6.45) is 3.13. The van der Waals surface area contributed by atoms with E-state index in [1.54, 1.807) is 0 Å². The Hall–Kier alpha value is -0.610. The SMILES string of the molecule is Cl.c1ccc2sc(CO[C@H]3CN4CCC3CC4)cc2c1. The van der Waals surface area contributed by atoms with Gasteiger partial charge in [0.2, 0.25) is 0 Å². The van der Waals surface area contributed by atoms with Crippen LogP contribution in [0.1, 0.15) is 17.7 Å². The number of piperidine rings is 3. The van der Waals surface area contributed by atoms with Crippen molar-refractivity contribution in [2.75, 3.05) is 19.6 Å². The van der Waals surface area contributed by atoms with Gasteiger partial charge in [-0.2, -0.15) is 0 Å². The Morgan fingerprint density at radius 3 is 2.70 bits per heavy atom. The molecule has 2 aromatic rings. The van der Waals surface area contributed by atoms with E-state index in [2.05, 4.69) is 35.2 Å². The van der Waals surface area contributed by atoms with E-state index in [1.807, 2.05) is 11.3 Å². The number of rotatable bonds is 3. The van der Waals surface area contributed by atoms with Crippen LogP contribution in [0.3, 0.4) is 0 Å². The van der Waals surface area contributed by atoms with Crippen LogP contribution in [-0.2, 0) is 11.3 Å². The van der Waals surface area contributed by atoms with Gasteiger partial charge in [0, 0.05) is 16.1 Å². The first kappa shape index (κ1) is 14.3. The van der Waals surface area contributed by atoms with Crippen LogP contribution in [0.4, 0.5) is 0 Å². The fourth-order valence-electron chi connectivity index (χ4n) is 3.40. The van der Waals surface area contributed by atoms with Crippen molar-refractivity contribution in [1.82, 2.24) is 4.90 Å². The molecule has 1 aromatic carbocycles. The smallest absolute Gasteiger partial charge is 0.0814 e. The van der Waals surface area contributed by atoms with E-state index in [1.165, 1.54) is 40.9 Å². The zero-order chi connectivity index (χ0) is 12.7. The summed E-state index contributed by atoms with van der Waals surface area (Å²) in [6.45, 7) is 4.50. The fraction of sp³-hybridized carbons (Fsp3) is 0.500. The first-order chi connectivity index (χ1) is 9.38. The van der Waals surface area contributed by atoms with E-state index < -0.39 is 0 Å². The highest BCUT2D eigenvalue weighted by molar-refractivity contribution is 7.19. The summed E-state index contributed by atoms with van der Waals surface area (Å²) >= 11 is 1.87. The molecule has 0 radical (unpaired) electrons. The quantitative estimate of drug-likeness (QED) is 0.851. The van der Waals surface area contributed by atoms with Crippen LogP contribution in [0.2, 0.25) is 0 Å². The Labute approximate surface area is 130 Å². The molecule has 1 atom stereocenters. The summed E-state index contributed by atoms with van der Waals surface area (Å²) in [4.78, 5) is 3.91. The van der Waals surface area contributed by atoms with Gasteiger partial charge >= 0.3 is 0 Å². The number of hydrogen-bond donors (Lipinski definition) is 0. The van der Waals surface area contributed by atoms with E-state index in [0.29, 0.717) is 6.10 Å². The Bertz CT molecular complexity index is 544. The first-order valence-corrected chi connectivity index (χ1v) is 8.01. The zero-order valence-electron chi connectivity index (χ0n) is 11.5. The van der Waals surface area contributed by atoms with Gasteiger partial charge in [0.15, 0.2) is 0 Å². The molecule has 4 heteroatoms.